The number of carboxylic acids is 1. The second kappa shape index (κ2) is 12.7. The highest BCUT2D eigenvalue weighted by atomic mass is 19.2. The average molecular weight is 369 g/mol. The number of hydrogen-bond acceptors (Lipinski definition) is 3. The first-order valence-electron chi connectivity index (χ1n) is 7.69. The number of allylic oxidation sites excluding steroid dienone is 4. The molecule has 0 aromatic heterocycles. The van der Waals surface area contributed by atoms with Gasteiger partial charge in [0.1, 0.15) is 12.1 Å². The van der Waals surface area contributed by atoms with Crippen LogP contribution in [0.4, 0.5) is 13.2 Å². The molecule has 1 aromatic rings. The van der Waals surface area contributed by atoms with Crippen molar-refractivity contribution in [2.24, 2.45) is 0 Å². The Bertz CT molecular complexity index is 672. The van der Waals surface area contributed by atoms with E-state index >= 15 is 0 Å². The number of benzene rings is 1. The maximum atomic E-state index is 13.3. The van der Waals surface area contributed by atoms with Crippen molar-refractivity contribution in [2.45, 2.75) is 25.3 Å². The molecule has 0 heterocycles. The molecule has 0 saturated carbocycles. The van der Waals surface area contributed by atoms with Gasteiger partial charge in [0.05, 0.1) is 6.42 Å². The standard InChI is InChI=1S/C11H12F3NO2.C8H10O/c1-15-7(4-11(16)17)2-6-3-9(13)10(14)5-8(6)12;1-3-5-8(4-2)6-7-9/h3,5,7,15H,2,4H2,1H3,(H,16,17);3-5,7H,1-2,6H2/b;8-5+. The van der Waals surface area contributed by atoms with Crippen LogP contribution in [0.3, 0.4) is 0 Å². The van der Waals surface area contributed by atoms with Crippen molar-refractivity contribution in [3.05, 3.63) is 72.1 Å². The lowest BCUT2D eigenvalue weighted by Gasteiger charge is -2.14. The van der Waals surface area contributed by atoms with Gasteiger partial charge in [0.25, 0.3) is 0 Å². The van der Waals surface area contributed by atoms with E-state index in [2.05, 4.69) is 18.5 Å². The number of likely N-dealkylation sites (N-methyl/N-ethyl adjacent to an activating group) is 1. The van der Waals surface area contributed by atoms with E-state index in [0.717, 1.165) is 17.9 Å². The first-order chi connectivity index (χ1) is 12.3. The molecule has 0 spiro atoms. The molecule has 0 aliphatic rings. The van der Waals surface area contributed by atoms with Crippen molar-refractivity contribution >= 4 is 12.3 Å². The summed E-state index contributed by atoms with van der Waals surface area (Å²) in [6, 6.07) is 0.668. The number of carbonyl (C=O) groups excluding carboxylic acids is 1. The summed E-state index contributed by atoms with van der Waals surface area (Å²) in [4.78, 5) is 20.4. The Morgan fingerprint density at radius 2 is 1.85 bits per heavy atom. The van der Waals surface area contributed by atoms with Gasteiger partial charge in [0.15, 0.2) is 11.6 Å². The van der Waals surface area contributed by atoms with Crippen LogP contribution in [-0.2, 0) is 16.0 Å². The number of hydrogen-bond donors (Lipinski definition) is 2. The zero-order chi connectivity index (χ0) is 20.1. The summed E-state index contributed by atoms with van der Waals surface area (Å²) < 4.78 is 38.8. The second-order valence-electron chi connectivity index (χ2n) is 5.20. The molecule has 7 heteroatoms. The smallest absolute Gasteiger partial charge is 0.304 e. The monoisotopic (exact) mass is 369 g/mol. The minimum atomic E-state index is -1.26. The number of nitrogens with one attached hydrogen (secondary N) is 1. The molecule has 0 amide bonds. The molecule has 4 nitrogen and oxygen atoms in total. The predicted molar refractivity (Wildman–Crippen MR) is 94.3 cm³/mol. The molecule has 0 saturated heterocycles. The Morgan fingerprint density at radius 3 is 2.31 bits per heavy atom. The van der Waals surface area contributed by atoms with Crippen molar-refractivity contribution in [3.8, 4) is 0 Å². The summed E-state index contributed by atoms with van der Waals surface area (Å²) in [6.07, 6.45) is 6.07. The lowest BCUT2D eigenvalue weighted by atomic mass is 10.0. The topological polar surface area (TPSA) is 66.4 Å². The average Bonchev–Trinajstić information content (AvgIpc) is 2.58. The molecule has 0 radical (unpaired) electrons. The van der Waals surface area contributed by atoms with Gasteiger partial charge < -0.3 is 15.2 Å². The lowest BCUT2D eigenvalue weighted by Crippen LogP contribution is -2.30. The molecule has 2 N–H and O–H groups in total. The zero-order valence-electron chi connectivity index (χ0n) is 14.5. The van der Waals surface area contributed by atoms with Crippen molar-refractivity contribution in [3.63, 3.8) is 0 Å². The fourth-order valence-electron chi connectivity index (χ4n) is 1.94. The molecule has 0 bridgehead atoms. The summed E-state index contributed by atoms with van der Waals surface area (Å²) in [6.45, 7) is 7.01. The molecule has 0 fully saturated rings. The third-order valence-corrected chi connectivity index (χ3v) is 3.30. The number of aliphatic carboxylic acids is 1. The van der Waals surface area contributed by atoms with Crippen LogP contribution in [0.1, 0.15) is 18.4 Å². The summed E-state index contributed by atoms with van der Waals surface area (Å²) >= 11 is 0. The highest BCUT2D eigenvalue weighted by molar-refractivity contribution is 5.67. The molecular formula is C19H22F3NO3. The van der Waals surface area contributed by atoms with Gasteiger partial charge in [-0.15, -0.1) is 0 Å². The molecule has 0 aliphatic heterocycles. The molecule has 0 aliphatic carbocycles. The van der Waals surface area contributed by atoms with Gasteiger partial charge in [0, 0.05) is 18.5 Å². The molecule has 1 rings (SSSR count). The Hall–Kier alpha value is -2.67. The molecular weight excluding hydrogens is 347 g/mol. The van der Waals surface area contributed by atoms with E-state index in [4.69, 9.17) is 5.11 Å². The predicted octanol–water partition coefficient (Wildman–Crippen LogP) is 3.58. The first kappa shape index (κ1) is 23.3. The van der Waals surface area contributed by atoms with Gasteiger partial charge in [-0.2, -0.15) is 0 Å². The maximum Gasteiger partial charge on any atom is 0.304 e. The second-order valence-corrected chi connectivity index (χ2v) is 5.20. The van der Waals surface area contributed by atoms with E-state index in [1.165, 1.54) is 7.05 Å². The van der Waals surface area contributed by atoms with Crippen molar-refractivity contribution < 1.29 is 27.9 Å². The third-order valence-electron chi connectivity index (χ3n) is 3.30. The van der Waals surface area contributed by atoms with Crippen LogP contribution in [0.15, 0.2) is 49.1 Å². The number of halogens is 3. The van der Waals surface area contributed by atoms with Crippen molar-refractivity contribution in [1.29, 1.82) is 0 Å². The van der Waals surface area contributed by atoms with Gasteiger partial charge in [-0.1, -0.05) is 31.4 Å². The van der Waals surface area contributed by atoms with E-state index in [1.807, 2.05) is 0 Å². The summed E-state index contributed by atoms with van der Waals surface area (Å²) in [5, 5.41) is 11.3. The Balaban J connectivity index is 0.000000590. The molecule has 1 unspecified atom stereocenters. The van der Waals surface area contributed by atoms with Crippen LogP contribution in [0.25, 0.3) is 0 Å². The van der Waals surface area contributed by atoms with Crippen molar-refractivity contribution in [2.75, 3.05) is 7.05 Å². The van der Waals surface area contributed by atoms with E-state index in [0.29, 0.717) is 12.5 Å². The summed E-state index contributed by atoms with van der Waals surface area (Å²) in [7, 11) is 1.52. The van der Waals surface area contributed by atoms with Crippen molar-refractivity contribution in [1.82, 2.24) is 5.32 Å². The van der Waals surface area contributed by atoms with Crippen LogP contribution in [0.2, 0.25) is 0 Å². The third kappa shape index (κ3) is 8.98. The van der Waals surface area contributed by atoms with E-state index in [1.54, 1.807) is 18.2 Å². The van der Waals surface area contributed by atoms with Gasteiger partial charge in [0.2, 0.25) is 0 Å². The lowest BCUT2D eigenvalue weighted by molar-refractivity contribution is -0.137. The normalized spacial score (nSPS) is 11.8. The van der Waals surface area contributed by atoms with E-state index in [9.17, 15) is 22.8 Å². The Morgan fingerprint density at radius 1 is 1.23 bits per heavy atom. The number of aldehydes is 1. The Kier molecular flexibility index (Phi) is 11.4. The highest BCUT2D eigenvalue weighted by Gasteiger charge is 2.16. The fraction of sp³-hybridized carbons (Fsp3) is 0.263. The van der Waals surface area contributed by atoms with Gasteiger partial charge in [-0.3, -0.25) is 4.79 Å². The van der Waals surface area contributed by atoms with Crippen LogP contribution >= 0.6 is 0 Å². The van der Waals surface area contributed by atoms with Gasteiger partial charge >= 0.3 is 5.97 Å². The molecule has 1 aromatic carbocycles. The highest BCUT2D eigenvalue weighted by Crippen LogP contribution is 2.16. The first-order valence-corrected chi connectivity index (χ1v) is 7.69. The molecule has 1 atom stereocenters. The maximum absolute atomic E-state index is 13.3. The van der Waals surface area contributed by atoms with E-state index < -0.39 is 29.5 Å². The quantitative estimate of drug-likeness (QED) is 0.397. The van der Waals surface area contributed by atoms with Crippen LogP contribution in [0.5, 0.6) is 0 Å². The minimum Gasteiger partial charge on any atom is -0.481 e. The number of carbonyl (C=O) groups is 2. The summed E-state index contributed by atoms with van der Waals surface area (Å²) in [5.41, 5.74) is 0.851. The van der Waals surface area contributed by atoms with Gasteiger partial charge in [-0.05, 0) is 30.7 Å². The zero-order valence-corrected chi connectivity index (χ0v) is 14.5. The Labute approximate surface area is 150 Å². The number of carboxylic acid groups (broad SMARTS) is 1. The van der Waals surface area contributed by atoms with E-state index in [-0.39, 0.29) is 18.4 Å². The summed E-state index contributed by atoms with van der Waals surface area (Å²) in [5.74, 6) is -4.33. The fourth-order valence-corrected chi connectivity index (χ4v) is 1.94. The SMILES string of the molecule is C=C/C=C(\C=C)CC=O.CNC(CC(=O)O)Cc1cc(F)c(F)cc1F. The minimum absolute atomic E-state index is 0.0220. The van der Waals surface area contributed by atoms with Crippen LogP contribution in [-0.4, -0.2) is 30.5 Å². The van der Waals surface area contributed by atoms with Crippen LogP contribution < -0.4 is 5.32 Å². The molecule has 142 valence electrons. The largest absolute Gasteiger partial charge is 0.481 e. The molecule has 26 heavy (non-hydrogen) atoms. The number of rotatable bonds is 9. The van der Waals surface area contributed by atoms with Gasteiger partial charge in [-0.25, -0.2) is 13.2 Å². The van der Waals surface area contributed by atoms with Crippen LogP contribution in [0, 0.1) is 17.5 Å².